The Morgan fingerprint density at radius 3 is 1.42 bits per heavy atom. The van der Waals surface area contributed by atoms with E-state index in [1.807, 2.05) is 0 Å². The minimum atomic E-state index is -0.425. The Morgan fingerprint density at radius 2 is 0.966 bits per heavy atom. The van der Waals surface area contributed by atoms with Gasteiger partial charge in [0.05, 0.1) is 22.4 Å². The molecule has 2 aliphatic heterocycles. The van der Waals surface area contributed by atoms with Gasteiger partial charge in [-0.15, -0.1) is 0 Å². The zero-order chi connectivity index (χ0) is 41.5. The number of unbranched alkanes of at least 4 members (excludes halogenated alkanes) is 3. The number of fused-ring (bicyclic) bond motifs is 5. The van der Waals surface area contributed by atoms with Crippen LogP contribution in [0, 0.1) is 0 Å². The molecule has 59 heavy (non-hydrogen) atoms. The van der Waals surface area contributed by atoms with E-state index in [2.05, 4.69) is 142 Å². The number of aryl methyl sites for hydroxylation is 4. The van der Waals surface area contributed by atoms with Crippen LogP contribution in [0.3, 0.4) is 0 Å². The highest BCUT2D eigenvalue weighted by Crippen LogP contribution is 2.59. The van der Waals surface area contributed by atoms with E-state index in [0.29, 0.717) is 11.8 Å². The van der Waals surface area contributed by atoms with Crippen LogP contribution in [0.4, 0.5) is 0 Å². The highest BCUT2D eigenvalue weighted by atomic mass is 16.7. The molecule has 6 heteroatoms. The average molecular weight is 791 g/mol. The van der Waals surface area contributed by atoms with Crippen LogP contribution in [0.2, 0.25) is 0 Å². The van der Waals surface area contributed by atoms with Gasteiger partial charge in [-0.2, -0.15) is 0 Å². The van der Waals surface area contributed by atoms with Gasteiger partial charge in [0.25, 0.3) is 0 Å². The summed E-state index contributed by atoms with van der Waals surface area (Å²) >= 11 is 0. The van der Waals surface area contributed by atoms with Crippen LogP contribution >= 0.6 is 0 Å². The second-order valence-electron chi connectivity index (χ2n) is 21.0. The SMILES string of the molecule is CCCCCC(c1ccc2c(c1)CC2)C1(CCCCC(C)c2ccc3c(c2)CC3)c2cc(B3OC(C)(C)C(C)(C)O3)ccc2-c2ccc(B3OC(C)(C)C(C)(C)O3)cc21. The molecule has 4 nitrogen and oxygen atoms in total. The molecule has 0 N–H and O–H groups in total. The van der Waals surface area contributed by atoms with Crippen LogP contribution in [0.25, 0.3) is 11.1 Å². The maximum absolute atomic E-state index is 6.77. The van der Waals surface area contributed by atoms with Crippen molar-refractivity contribution in [1.29, 1.82) is 0 Å². The summed E-state index contributed by atoms with van der Waals surface area (Å²) in [4.78, 5) is 0. The highest BCUT2D eigenvalue weighted by molar-refractivity contribution is 6.62. The second-order valence-corrected chi connectivity index (χ2v) is 21.0. The predicted octanol–water partition coefficient (Wildman–Crippen LogP) is 11.5. The van der Waals surface area contributed by atoms with Gasteiger partial charge >= 0.3 is 14.2 Å². The van der Waals surface area contributed by atoms with Crippen molar-refractivity contribution in [2.45, 2.75) is 186 Å². The van der Waals surface area contributed by atoms with Gasteiger partial charge in [-0.1, -0.05) is 119 Å². The summed E-state index contributed by atoms with van der Waals surface area (Å²) in [5.41, 5.74) is 15.0. The third-order valence-electron chi connectivity index (χ3n) is 16.3. The van der Waals surface area contributed by atoms with E-state index in [1.54, 1.807) is 16.7 Å². The molecule has 0 bridgehead atoms. The van der Waals surface area contributed by atoms with Gasteiger partial charge in [0, 0.05) is 5.41 Å². The Labute approximate surface area is 356 Å². The van der Waals surface area contributed by atoms with Gasteiger partial charge < -0.3 is 18.6 Å². The zero-order valence-corrected chi connectivity index (χ0v) is 37.9. The van der Waals surface area contributed by atoms with Crippen LogP contribution in [0.5, 0.6) is 0 Å². The molecule has 0 spiro atoms. The van der Waals surface area contributed by atoms with Crippen LogP contribution in [-0.4, -0.2) is 36.6 Å². The van der Waals surface area contributed by atoms with Crippen molar-refractivity contribution in [1.82, 2.24) is 0 Å². The fraction of sp³-hybridized carbons (Fsp3) is 0.547. The summed E-state index contributed by atoms with van der Waals surface area (Å²) in [5, 5.41) is 0. The molecule has 0 amide bonds. The van der Waals surface area contributed by atoms with E-state index >= 15 is 0 Å². The molecule has 0 saturated carbocycles. The fourth-order valence-corrected chi connectivity index (χ4v) is 10.8. The van der Waals surface area contributed by atoms with E-state index in [9.17, 15) is 0 Å². The smallest absolute Gasteiger partial charge is 0.399 e. The summed E-state index contributed by atoms with van der Waals surface area (Å²) in [6.45, 7) is 22.1. The Morgan fingerprint density at radius 1 is 0.508 bits per heavy atom. The van der Waals surface area contributed by atoms with Gasteiger partial charge in [0.2, 0.25) is 0 Å². The van der Waals surface area contributed by atoms with Crippen molar-refractivity contribution in [2.24, 2.45) is 0 Å². The monoisotopic (exact) mass is 791 g/mol. The molecular weight excluding hydrogens is 722 g/mol. The number of hydrogen-bond acceptors (Lipinski definition) is 4. The van der Waals surface area contributed by atoms with Crippen molar-refractivity contribution >= 4 is 25.2 Å². The van der Waals surface area contributed by atoms with E-state index in [-0.39, 0.29) is 5.41 Å². The first kappa shape index (κ1) is 41.2. The third kappa shape index (κ3) is 7.01. The summed E-state index contributed by atoms with van der Waals surface area (Å²) in [5.74, 6) is 0.839. The van der Waals surface area contributed by atoms with Crippen LogP contribution < -0.4 is 10.9 Å². The molecule has 4 aromatic rings. The third-order valence-corrected chi connectivity index (χ3v) is 16.3. The Hall–Kier alpha value is -3.15. The van der Waals surface area contributed by atoms with Gasteiger partial charge in [-0.05, 0) is 179 Å². The summed E-state index contributed by atoms with van der Waals surface area (Å²) in [7, 11) is -0.850. The zero-order valence-electron chi connectivity index (χ0n) is 37.9. The van der Waals surface area contributed by atoms with Gasteiger partial charge in [-0.3, -0.25) is 0 Å². The standard InChI is InChI=1S/C53H68B2O4/c1-11-12-13-17-46(41-25-21-37-20-24-40(37)32-41)53(30-15-14-16-35(2)38-22-18-36-19-23-39(36)31-38)47-33-42(54-56-49(3,4)50(5,6)57-54)26-28-44(47)45-29-27-43(34-48(45)53)55-58-51(7,8)52(9,10)59-55/h18,21-22,25-29,31-35,46H,11-17,19-20,23-24,30H2,1-10H3. The lowest BCUT2D eigenvalue weighted by molar-refractivity contribution is 0.00578. The van der Waals surface area contributed by atoms with Gasteiger partial charge in [0.15, 0.2) is 0 Å². The summed E-state index contributed by atoms with van der Waals surface area (Å²) < 4.78 is 27.1. The number of rotatable bonds is 14. The molecule has 0 radical (unpaired) electrons. The van der Waals surface area contributed by atoms with E-state index in [1.165, 1.54) is 96.7 Å². The lowest BCUT2D eigenvalue weighted by atomic mass is 9.60. The van der Waals surface area contributed by atoms with E-state index in [0.717, 1.165) is 30.2 Å². The van der Waals surface area contributed by atoms with Crippen molar-refractivity contribution in [3.63, 3.8) is 0 Å². The highest BCUT2D eigenvalue weighted by Gasteiger charge is 2.55. The molecule has 2 unspecified atom stereocenters. The first-order valence-electron chi connectivity index (χ1n) is 23.3. The number of hydrogen-bond donors (Lipinski definition) is 0. The largest absolute Gasteiger partial charge is 0.494 e. The summed E-state index contributed by atoms with van der Waals surface area (Å²) in [6, 6.07) is 29.2. The molecule has 2 saturated heterocycles. The van der Waals surface area contributed by atoms with Gasteiger partial charge in [0.1, 0.15) is 0 Å². The lowest BCUT2D eigenvalue weighted by Crippen LogP contribution is -2.41. The molecule has 5 aliphatic rings. The molecule has 310 valence electrons. The minimum Gasteiger partial charge on any atom is -0.399 e. The molecule has 2 atom stereocenters. The topological polar surface area (TPSA) is 36.9 Å². The average Bonchev–Trinajstić information content (AvgIpc) is 3.66. The van der Waals surface area contributed by atoms with Crippen molar-refractivity contribution in [3.05, 3.63) is 117 Å². The Kier molecular flexibility index (Phi) is 10.5. The van der Waals surface area contributed by atoms with Crippen molar-refractivity contribution in [3.8, 4) is 11.1 Å². The van der Waals surface area contributed by atoms with E-state index < -0.39 is 36.6 Å². The molecule has 9 rings (SSSR count). The maximum Gasteiger partial charge on any atom is 0.494 e. The van der Waals surface area contributed by atoms with Gasteiger partial charge in [-0.25, -0.2) is 0 Å². The maximum atomic E-state index is 6.77. The molecule has 2 fully saturated rings. The first-order chi connectivity index (χ1) is 28.0. The fourth-order valence-electron chi connectivity index (χ4n) is 10.8. The predicted molar refractivity (Wildman–Crippen MR) is 246 cm³/mol. The normalized spacial score (nSPS) is 21.9. The lowest BCUT2D eigenvalue weighted by Gasteiger charge is -2.42. The van der Waals surface area contributed by atoms with E-state index in [4.69, 9.17) is 18.6 Å². The second kappa shape index (κ2) is 15.0. The Bertz CT molecular complexity index is 2120. The quantitative estimate of drug-likeness (QED) is 0.0942. The molecular formula is C53H68B2O4. The summed E-state index contributed by atoms with van der Waals surface area (Å²) in [6.07, 6.45) is 14.2. The molecule has 0 aromatic heterocycles. The molecule has 4 aromatic carbocycles. The van der Waals surface area contributed by atoms with Crippen LogP contribution in [-0.2, 0) is 49.7 Å². The first-order valence-corrected chi connectivity index (χ1v) is 23.3. The molecule has 2 heterocycles. The Balaban J connectivity index is 1.18. The molecule has 3 aliphatic carbocycles. The van der Waals surface area contributed by atoms with Crippen LogP contribution in [0.1, 0.15) is 177 Å². The minimum absolute atomic E-state index is 0.269. The van der Waals surface area contributed by atoms with Crippen molar-refractivity contribution in [2.75, 3.05) is 0 Å². The van der Waals surface area contributed by atoms with Crippen molar-refractivity contribution < 1.29 is 18.6 Å². The number of benzene rings is 4. The van der Waals surface area contributed by atoms with Crippen LogP contribution in [0.15, 0.2) is 72.8 Å².